The zero-order valence-electron chi connectivity index (χ0n) is 14.7. The van der Waals surface area contributed by atoms with Gasteiger partial charge < -0.3 is 19.3 Å². The number of hydrogen-bond donors (Lipinski definition) is 2. The van der Waals surface area contributed by atoms with Gasteiger partial charge in [-0.15, -0.1) is 0 Å². The van der Waals surface area contributed by atoms with E-state index in [1.54, 1.807) is 14.2 Å². The van der Waals surface area contributed by atoms with Crippen LogP contribution in [0.5, 0.6) is 0 Å². The third kappa shape index (κ3) is 13.2. The highest BCUT2D eigenvalue weighted by Crippen LogP contribution is 2.17. The first-order valence-electron chi connectivity index (χ1n) is 8.57. The normalized spacial score (nSPS) is 11.8. The Balaban J connectivity index is 3.19. The average molecular weight is 334 g/mol. The Labute approximate surface area is 137 Å². The van der Waals surface area contributed by atoms with Gasteiger partial charge in [0.25, 0.3) is 0 Å². The molecule has 0 radical (unpaired) electrons. The summed E-state index contributed by atoms with van der Waals surface area (Å²) in [5.41, 5.74) is 0. The van der Waals surface area contributed by atoms with Crippen LogP contribution in [0, 0.1) is 0 Å². The number of aliphatic carboxylic acids is 1. The maximum atomic E-state index is 10.3. The zero-order chi connectivity index (χ0) is 16.7. The third-order valence-electron chi connectivity index (χ3n) is 4.11. The molecule has 0 aliphatic heterocycles. The molecule has 0 rings (SSSR count). The summed E-state index contributed by atoms with van der Waals surface area (Å²) in [4.78, 5) is 10.3. The predicted octanol–water partition coefficient (Wildman–Crippen LogP) is 3.54. The summed E-state index contributed by atoms with van der Waals surface area (Å²) in [5, 5.41) is 11.7. The topological polar surface area (TPSA) is 67.8 Å². The highest BCUT2D eigenvalue weighted by molar-refractivity contribution is 6.65. The van der Waals surface area contributed by atoms with E-state index in [4.69, 9.17) is 14.0 Å². The van der Waals surface area contributed by atoms with Gasteiger partial charge in [0.1, 0.15) is 0 Å². The van der Waals surface area contributed by atoms with E-state index in [1.807, 2.05) is 0 Å². The molecule has 5 nitrogen and oxygen atoms in total. The Hall–Kier alpha value is -0.433. The zero-order valence-corrected chi connectivity index (χ0v) is 15.7. The summed E-state index contributed by atoms with van der Waals surface area (Å²) in [6.45, 7) is 3.64. The first kappa shape index (κ1) is 21.6. The molecular formula is C16H35NO4Si. The van der Waals surface area contributed by atoms with Gasteiger partial charge in [-0.25, -0.2) is 0 Å². The predicted molar refractivity (Wildman–Crippen MR) is 92.5 cm³/mol. The minimum absolute atomic E-state index is 0.216. The van der Waals surface area contributed by atoms with Gasteiger partial charge in [0.05, 0.1) is 6.42 Å². The number of carboxylic acids is 1. The minimum Gasteiger partial charge on any atom is -0.481 e. The fraction of sp³-hybridized carbons (Fsp3) is 0.938. The Bertz CT molecular complexity index is 273. The summed E-state index contributed by atoms with van der Waals surface area (Å²) < 4.78 is 11.0. The lowest BCUT2D eigenvalue weighted by atomic mass is 10.1. The average Bonchev–Trinajstić information content (AvgIpc) is 2.51. The van der Waals surface area contributed by atoms with Crippen molar-refractivity contribution in [1.82, 2.24) is 5.32 Å². The number of carbonyl (C=O) groups is 1. The van der Waals surface area contributed by atoms with E-state index >= 15 is 0 Å². The maximum Gasteiger partial charge on any atom is 0.334 e. The van der Waals surface area contributed by atoms with Gasteiger partial charge in [-0.3, -0.25) is 4.79 Å². The molecule has 0 aliphatic rings. The van der Waals surface area contributed by atoms with E-state index < -0.39 is 14.5 Å². The molecule has 0 bridgehead atoms. The standard InChI is InChI=1S/C16H35NO4Si/c1-20-22(3,21-2)15-11-9-7-5-4-6-8-10-13-17-14-12-16(18)19/h17H,4-15H2,1-3H3,(H,18,19). The molecule has 0 spiro atoms. The van der Waals surface area contributed by atoms with Gasteiger partial charge >= 0.3 is 14.5 Å². The van der Waals surface area contributed by atoms with Crippen LogP contribution in [-0.4, -0.2) is 46.9 Å². The second-order valence-corrected chi connectivity index (χ2v) is 9.60. The summed E-state index contributed by atoms with van der Waals surface area (Å²) in [6, 6.07) is 1.09. The van der Waals surface area contributed by atoms with Gasteiger partial charge in [0.15, 0.2) is 0 Å². The van der Waals surface area contributed by atoms with Crippen LogP contribution in [-0.2, 0) is 13.6 Å². The van der Waals surface area contributed by atoms with E-state index in [1.165, 1.54) is 44.9 Å². The van der Waals surface area contributed by atoms with Gasteiger partial charge in [-0.2, -0.15) is 0 Å². The van der Waals surface area contributed by atoms with Gasteiger partial charge in [-0.1, -0.05) is 44.9 Å². The Kier molecular flexibility index (Phi) is 13.9. The number of hydrogen-bond acceptors (Lipinski definition) is 4. The molecule has 0 aliphatic carbocycles. The summed E-state index contributed by atoms with van der Waals surface area (Å²) >= 11 is 0. The van der Waals surface area contributed by atoms with Crippen molar-refractivity contribution in [2.24, 2.45) is 0 Å². The second-order valence-electron chi connectivity index (χ2n) is 6.01. The van der Waals surface area contributed by atoms with Crippen molar-refractivity contribution in [3.63, 3.8) is 0 Å². The SMILES string of the molecule is CO[Si](C)(CCCCCCCCCCNCCC(=O)O)OC. The van der Waals surface area contributed by atoms with Gasteiger partial charge in [0, 0.05) is 20.8 Å². The van der Waals surface area contributed by atoms with Crippen molar-refractivity contribution in [2.75, 3.05) is 27.3 Å². The molecule has 0 aromatic rings. The molecule has 0 saturated heterocycles. The van der Waals surface area contributed by atoms with Crippen molar-refractivity contribution in [3.05, 3.63) is 0 Å². The van der Waals surface area contributed by atoms with Gasteiger partial charge in [0.2, 0.25) is 0 Å². The summed E-state index contributed by atoms with van der Waals surface area (Å²) in [6.07, 6.45) is 10.3. The highest BCUT2D eigenvalue weighted by atomic mass is 28.4. The Morgan fingerprint density at radius 3 is 1.91 bits per heavy atom. The van der Waals surface area contributed by atoms with Crippen LogP contribution < -0.4 is 5.32 Å². The molecule has 0 amide bonds. The molecule has 0 unspecified atom stereocenters. The number of nitrogens with one attached hydrogen (secondary N) is 1. The van der Waals surface area contributed by atoms with Crippen molar-refractivity contribution in [2.45, 2.75) is 70.4 Å². The van der Waals surface area contributed by atoms with Gasteiger partial charge in [-0.05, 0) is 25.6 Å². The molecule has 132 valence electrons. The number of rotatable bonds is 16. The van der Waals surface area contributed by atoms with Crippen molar-refractivity contribution in [1.29, 1.82) is 0 Å². The molecule has 0 fully saturated rings. The molecule has 2 N–H and O–H groups in total. The number of carboxylic acid groups (broad SMARTS) is 1. The van der Waals surface area contributed by atoms with Crippen LogP contribution in [0.1, 0.15) is 57.8 Å². The van der Waals surface area contributed by atoms with E-state index in [9.17, 15) is 4.79 Å². The first-order valence-corrected chi connectivity index (χ1v) is 11.1. The smallest absolute Gasteiger partial charge is 0.334 e. The first-order chi connectivity index (χ1) is 10.5. The fourth-order valence-electron chi connectivity index (χ4n) is 2.36. The lowest BCUT2D eigenvalue weighted by Crippen LogP contribution is -2.35. The van der Waals surface area contributed by atoms with Crippen LogP contribution in [0.4, 0.5) is 0 Å². The quantitative estimate of drug-likeness (QED) is 0.334. The third-order valence-corrected chi connectivity index (χ3v) is 7.10. The van der Waals surface area contributed by atoms with Crippen LogP contribution in [0.2, 0.25) is 12.6 Å². The van der Waals surface area contributed by atoms with Crippen LogP contribution in [0.15, 0.2) is 0 Å². The lowest BCUT2D eigenvalue weighted by Gasteiger charge is -2.22. The molecule has 0 saturated carbocycles. The van der Waals surface area contributed by atoms with Crippen molar-refractivity contribution in [3.8, 4) is 0 Å². The molecule has 0 aromatic heterocycles. The summed E-state index contributed by atoms with van der Waals surface area (Å²) in [5.74, 6) is -0.730. The minimum atomic E-state index is -1.85. The largest absolute Gasteiger partial charge is 0.481 e. The number of unbranched alkanes of at least 4 members (excludes halogenated alkanes) is 7. The van der Waals surface area contributed by atoms with Crippen molar-refractivity contribution < 1.29 is 18.8 Å². The van der Waals surface area contributed by atoms with E-state index in [0.29, 0.717) is 6.54 Å². The van der Waals surface area contributed by atoms with E-state index in [-0.39, 0.29) is 6.42 Å². The maximum absolute atomic E-state index is 10.3. The Morgan fingerprint density at radius 2 is 1.41 bits per heavy atom. The fourth-order valence-corrected chi connectivity index (χ4v) is 3.83. The molecule has 0 atom stereocenters. The highest BCUT2D eigenvalue weighted by Gasteiger charge is 2.27. The molecule has 0 heterocycles. The molecule has 6 heteroatoms. The Morgan fingerprint density at radius 1 is 0.909 bits per heavy atom. The van der Waals surface area contributed by atoms with Crippen LogP contribution >= 0.6 is 0 Å². The van der Waals surface area contributed by atoms with Crippen LogP contribution in [0.3, 0.4) is 0 Å². The molecule has 22 heavy (non-hydrogen) atoms. The molecular weight excluding hydrogens is 298 g/mol. The van der Waals surface area contributed by atoms with E-state index in [2.05, 4.69) is 11.9 Å². The second kappa shape index (κ2) is 14.2. The molecule has 0 aromatic carbocycles. The summed E-state index contributed by atoms with van der Waals surface area (Å²) in [7, 11) is 1.67. The van der Waals surface area contributed by atoms with E-state index in [0.717, 1.165) is 19.0 Å². The van der Waals surface area contributed by atoms with Crippen LogP contribution in [0.25, 0.3) is 0 Å². The monoisotopic (exact) mass is 333 g/mol. The lowest BCUT2D eigenvalue weighted by molar-refractivity contribution is -0.136. The van der Waals surface area contributed by atoms with Crippen molar-refractivity contribution >= 4 is 14.5 Å².